The van der Waals surface area contributed by atoms with Crippen molar-refractivity contribution in [2.24, 2.45) is 0 Å². The molecule has 0 saturated carbocycles. The Morgan fingerprint density at radius 1 is 1.05 bits per heavy atom. The molecule has 0 aromatic heterocycles. The molecule has 0 aromatic carbocycles. The minimum Gasteiger partial charge on any atom is -0.374 e. The lowest BCUT2D eigenvalue weighted by molar-refractivity contribution is -0.150. The number of hydrogen-bond acceptors (Lipinski definition) is 6. The zero-order valence-corrected chi connectivity index (χ0v) is 16.3. The van der Waals surface area contributed by atoms with Crippen LogP contribution < -0.4 is 0 Å². The summed E-state index contributed by atoms with van der Waals surface area (Å²) in [5, 5.41) is 0. The molecular formula is C15H32O5SSi. The molecule has 0 radical (unpaired) electrons. The second-order valence-corrected chi connectivity index (χ2v) is 9.02. The summed E-state index contributed by atoms with van der Waals surface area (Å²) in [5.74, 6) is 1.19. The van der Waals surface area contributed by atoms with Crippen LogP contribution in [0.25, 0.3) is 0 Å². The molecule has 0 amide bonds. The first-order chi connectivity index (χ1) is 10.7. The summed E-state index contributed by atoms with van der Waals surface area (Å²) in [6.45, 7) is 10.3. The van der Waals surface area contributed by atoms with Crippen molar-refractivity contribution < 1.29 is 22.8 Å². The van der Waals surface area contributed by atoms with E-state index in [0.29, 0.717) is 32.5 Å². The third-order valence-electron chi connectivity index (χ3n) is 3.33. The van der Waals surface area contributed by atoms with Crippen LogP contribution in [0.2, 0.25) is 6.04 Å². The summed E-state index contributed by atoms with van der Waals surface area (Å²) in [4.78, 5) is 0. The van der Waals surface area contributed by atoms with Crippen molar-refractivity contribution in [3.8, 4) is 0 Å². The maximum absolute atomic E-state index is 5.99. The summed E-state index contributed by atoms with van der Waals surface area (Å²) in [7, 11) is -2.61. The Balaban J connectivity index is 2.40. The van der Waals surface area contributed by atoms with Crippen molar-refractivity contribution in [3.05, 3.63) is 0 Å². The van der Waals surface area contributed by atoms with Gasteiger partial charge in [-0.3, -0.25) is 0 Å². The molecule has 5 nitrogen and oxygen atoms in total. The van der Waals surface area contributed by atoms with E-state index in [2.05, 4.69) is 6.92 Å². The predicted molar refractivity (Wildman–Crippen MR) is 92.0 cm³/mol. The van der Waals surface area contributed by atoms with Gasteiger partial charge in [-0.25, -0.2) is 0 Å². The van der Waals surface area contributed by atoms with Gasteiger partial charge in [-0.2, -0.15) is 0 Å². The van der Waals surface area contributed by atoms with Crippen LogP contribution in [0.4, 0.5) is 0 Å². The molecule has 2 atom stereocenters. The fourth-order valence-electron chi connectivity index (χ4n) is 2.39. The van der Waals surface area contributed by atoms with Crippen LogP contribution in [-0.4, -0.2) is 52.7 Å². The molecule has 0 N–H and O–H groups in total. The normalized spacial score (nSPS) is 20.5. The van der Waals surface area contributed by atoms with E-state index in [1.54, 1.807) is 0 Å². The van der Waals surface area contributed by atoms with Gasteiger partial charge in [0.05, 0.1) is 6.61 Å². The maximum Gasteiger partial charge on any atom is 0.503 e. The number of rotatable bonds is 13. The molecular weight excluding hydrogens is 320 g/mol. The molecule has 1 aliphatic heterocycles. The highest BCUT2D eigenvalue weighted by Gasteiger charge is 2.40. The first-order valence-electron chi connectivity index (χ1n) is 8.50. The number of hydrogen-bond donors (Lipinski definition) is 0. The molecule has 1 fully saturated rings. The van der Waals surface area contributed by atoms with Crippen LogP contribution in [0, 0.1) is 0 Å². The monoisotopic (exact) mass is 352 g/mol. The topological polar surface area (TPSA) is 46.2 Å². The van der Waals surface area contributed by atoms with Crippen molar-refractivity contribution in [2.45, 2.75) is 64.7 Å². The summed E-state index contributed by atoms with van der Waals surface area (Å²) in [5.41, 5.74) is 0.289. The van der Waals surface area contributed by atoms with E-state index < -0.39 is 8.80 Å². The van der Waals surface area contributed by atoms with Crippen LogP contribution in [0.5, 0.6) is 0 Å². The minimum atomic E-state index is -2.61. The van der Waals surface area contributed by atoms with Gasteiger partial charge in [0.2, 0.25) is 0 Å². The first kappa shape index (κ1) is 20.4. The van der Waals surface area contributed by atoms with Crippen LogP contribution in [0.15, 0.2) is 0 Å². The Bertz CT molecular complexity index is 260. The third-order valence-corrected chi connectivity index (χ3v) is 7.57. The standard InChI is InChI=1S/C15H32O5SSi/c1-5-14(20-15-10-9-12-21-15)16-11-13-22(17-6-2,18-7-3)19-8-4/h14-15H,5-13H2,1-4H3/t14-,15+/m1/s1. The lowest BCUT2D eigenvalue weighted by Gasteiger charge is -2.29. The van der Waals surface area contributed by atoms with Crippen molar-refractivity contribution >= 4 is 20.6 Å². The average Bonchev–Trinajstić information content (AvgIpc) is 3.00. The molecule has 22 heavy (non-hydrogen) atoms. The molecule has 7 heteroatoms. The lowest BCUT2D eigenvalue weighted by Crippen LogP contribution is -2.47. The zero-order valence-electron chi connectivity index (χ0n) is 14.5. The lowest BCUT2D eigenvalue weighted by atomic mass is 10.3. The van der Waals surface area contributed by atoms with Gasteiger partial charge in [0.15, 0.2) is 6.29 Å². The van der Waals surface area contributed by atoms with Gasteiger partial charge in [0.1, 0.15) is 5.44 Å². The summed E-state index contributed by atoms with van der Waals surface area (Å²) < 4.78 is 29.4. The van der Waals surface area contributed by atoms with E-state index in [1.165, 1.54) is 12.2 Å². The van der Waals surface area contributed by atoms with Gasteiger partial charge in [-0.1, -0.05) is 6.92 Å². The van der Waals surface area contributed by atoms with Gasteiger partial charge < -0.3 is 22.8 Å². The molecule has 0 bridgehead atoms. The Labute approximate surface area is 140 Å². The maximum atomic E-state index is 5.99. The molecule has 0 spiro atoms. The van der Waals surface area contributed by atoms with E-state index in [0.717, 1.165) is 12.8 Å². The molecule has 1 heterocycles. The molecule has 1 aliphatic rings. The largest absolute Gasteiger partial charge is 0.503 e. The quantitative estimate of drug-likeness (QED) is 0.372. The molecule has 1 saturated heterocycles. The van der Waals surface area contributed by atoms with Crippen LogP contribution in [0.1, 0.15) is 47.0 Å². The van der Waals surface area contributed by atoms with Gasteiger partial charge in [-0.15, -0.1) is 11.8 Å². The second kappa shape index (κ2) is 11.8. The Morgan fingerprint density at radius 2 is 1.68 bits per heavy atom. The molecule has 132 valence electrons. The SMILES string of the molecule is CCO[Si](CCO[C@@H](CC)O[C@@H]1CCCS1)(OCC)OCC. The summed E-state index contributed by atoms with van der Waals surface area (Å²) in [6.07, 6.45) is 3.07. The number of thioether (sulfide) groups is 1. The second-order valence-electron chi connectivity index (χ2n) is 5.02. The van der Waals surface area contributed by atoms with Crippen molar-refractivity contribution in [2.75, 3.05) is 32.2 Å². The fourth-order valence-corrected chi connectivity index (χ4v) is 5.90. The molecule has 0 aliphatic carbocycles. The van der Waals surface area contributed by atoms with Gasteiger partial charge in [0, 0.05) is 25.9 Å². The molecule has 0 aromatic rings. The zero-order chi connectivity index (χ0) is 16.3. The summed E-state index contributed by atoms with van der Waals surface area (Å²) >= 11 is 1.88. The highest BCUT2D eigenvalue weighted by atomic mass is 32.2. The van der Waals surface area contributed by atoms with Crippen molar-refractivity contribution in [1.29, 1.82) is 0 Å². The van der Waals surface area contributed by atoms with Crippen LogP contribution in [-0.2, 0) is 22.8 Å². The Hall–Kier alpha value is 0.367. The highest BCUT2D eigenvalue weighted by Crippen LogP contribution is 2.29. The van der Waals surface area contributed by atoms with E-state index in [1.807, 2.05) is 32.5 Å². The fraction of sp³-hybridized carbons (Fsp3) is 1.00. The van der Waals surface area contributed by atoms with Gasteiger partial charge >= 0.3 is 8.80 Å². The minimum absolute atomic E-state index is 0.146. The molecule has 1 rings (SSSR count). The summed E-state index contributed by atoms with van der Waals surface area (Å²) in [6, 6.07) is 0.667. The first-order valence-corrected chi connectivity index (χ1v) is 11.5. The highest BCUT2D eigenvalue weighted by molar-refractivity contribution is 8.00. The smallest absolute Gasteiger partial charge is 0.374 e. The van der Waals surface area contributed by atoms with Crippen LogP contribution >= 0.6 is 11.8 Å². The van der Waals surface area contributed by atoms with Crippen molar-refractivity contribution in [3.63, 3.8) is 0 Å². The third kappa shape index (κ3) is 7.29. The van der Waals surface area contributed by atoms with E-state index in [9.17, 15) is 0 Å². The average molecular weight is 353 g/mol. The van der Waals surface area contributed by atoms with Crippen LogP contribution in [0.3, 0.4) is 0 Å². The Kier molecular flexibility index (Phi) is 11.0. The van der Waals surface area contributed by atoms with E-state index >= 15 is 0 Å². The predicted octanol–water partition coefficient (Wildman–Crippen LogP) is 3.66. The molecule has 0 unspecified atom stereocenters. The van der Waals surface area contributed by atoms with Gasteiger partial charge in [0.25, 0.3) is 0 Å². The van der Waals surface area contributed by atoms with E-state index in [4.69, 9.17) is 22.8 Å². The van der Waals surface area contributed by atoms with E-state index in [-0.39, 0.29) is 11.7 Å². The van der Waals surface area contributed by atoms with Gasteiger partial charge in [-0.05, 0) is 45.8 Å². The number of ether oxygens (including phenoxy) is 2. The van der Waals surface area contributed by atoms with Crippen molar-refractivity contribution in [1.82, 2.24) is 0 Å². The Morgan fingerprint density at radius 3 is 2.14 bits per heavy atom.